The number of nitrogens with zero attached hydrogens (tertiary/aromatic N) is 3. The van der Waals surface area contributed by atoms with Crippen molar-refractivity contribution >= 4 is 16.6 Å². The van der Waals surface area contributed by atoms with Crippen molar-refractivity contribution in [2.24, 2.45) is 0 Å². The van der Waals surface area contributed by atoms with Gasteiger partial charge in [-0.05, 0) is 6.07 Å². The van der Waals surface area contributed by atoms with Crippen LogP contribution in [0.25, 0.3) is 10.9 Å². The number of aromatic nitrogens is 2. The first-order valence-electron chi connectivity index (χ1n) is 5.44. The standard InChI is InChI=1S/C12H12N4O2/c13-5-11-12(14-6-8(18)7-17)9-3-1-2-4-10(9)15-16-11/h1-4,8,17-18H,6-7H2,(H,14,15). The Morgan fingerprint density at radius 2 is 2.11 bits per heavy atom. The highest BCUT2D eigenvalue weighted by molar-refractivity contribution is 5.92. The molecular formula is C12H12N4O2. The summed E-state index contributed by atoms with van der Waals surface area (Å²) in [6, 6.07) is 9.22. The Bertz CT molecular complexity index is 594. The molecule has 0 radical (unpaired) electrons. The molecule has 0 amide bonds. The fourth-order valence-corrected chi connectivity index (χ4v) is 1.60. The van der Waals surface area contributed by atoms with Crippen molar-refractivity contribution in [1.82, 2.24) is 10.2 Å². The molecular weight excluding hydrogens is 232 g/mol. The minimum Gasteiger partial charge on any atom is -0.394 e. The lowest BCUT2D eigenvalue weighted by atomic mass is 10.1. The van der Waals surface area contributed by atoms with Crippen molar-refractivity contribution in [3.63, 3.8) is 0 Å². The number of anilines is 1. The van der Waals surface area contributed by atoms with E-state index in [1.165, 1.54) is 0 Å². The van der Waals surface area contributed by atoms with Gasteiger partial charge in [-0.3, -0.25) is 0 Å². The molecule has 1 aromatic heterocycles. The fraction of sp³-hybridized carbons (Fsp3) is 0.250. The molecule has 2 rings (SSSR count). The van der Waals surface area contributed by atoms with Crippen LogP contribution in [0, 0.1) is 11.3 Å². The second-order valence-electron chi connectivity index (χ2n) is 3.77. The van der Waals surface area contributed by atoms with Gasteiger partial charge < -0.3 is 15.5 Å². The molecule has 1 atom stereocenters. The Kier molecular flexibility index (Phi) is 3.67. The third-order valence-electron chi connectivity index (χ3n) is 2.50. The van der Waals surface area contributed by atoms with E-state index in [0.29, 0.717) is 11.2 Å². The molecule has 3 N–H and O–H groups in total. The van der Waals surface area contributed by atoms with Crippen LogP contribution in [0.2, 0.25) is 0 Å². The number of rotatable bonds is 4. The van der Waals surface area contributed by atoms with Crippen LogP contribution in [0.15, 0.2) is 24.3 Å². The Labute approximate surface area is 104 Å². The van der Waals surface area contributed by atoms with Gasteiger partial charge in [-0.2, -0.15) is 5.26 Å². The molecule has 1 aromatic carbocycles. The molecule has 18 heavy (non-hydrogen) atoms. The highest BCUT2D eigenvalue weighted by Gasteiger charge is 2.11. The van der Waals surface area contributed by atoms with Crippen LogP contribution in [0.5, 0.6) is 0 Å². The van der Waals surface area contributed by atoms with Crippen molar-refractivity contribution in [3.05, 3.63) is 30.0 Å². The van der Waals surface area contributed by atoms with Crippen molar-refractivity contribution in [2.75, 3.05) is 18.5 Å². The van der Waals surface area contributed by atoms with Crippen LogP contribution in [0.1, 0.15) is 5.69 Å². The highest BCUT2D eigenvalue weighted by Crippen LogP contribution is 2.23. The van der Waals surface area contributed by atoms with Crippen molar-refractivity contribution in [2.45, 2.75) is 6.10 Å². The second kappa shape index (κ2) is 5.40. The monoisotopic (exact) mass is 244 g/mol. The van der Waals surface area contributed by atoms with E-state index in [1.54, 1.807) is 6.07 Å². The van der Waals surface area contributed by atoms with Gasteiger partial charge >= 0.3 is 0 Å². The largest absolute Gasteiger partial charge is 0.394 e. The lowest BCUT2D eigenvalue weighted by Crippen LogP contribution is -2.23. The van der Waals surface area contributed by atoms with E-state index in [1.807, 2.05) is 24.3 Å². The molecule has 0 saturated carbocycles. The number of aliphatic hydroxyl groups excluding tert-OH is 2. The quantitative estimate of drug-likeness (QED) is 0.713. The zero-order valence-electron chi connectivity index (χ0n) is 9.54. The maximum Gasteiger partial charge on any atom is 0.186 e. The van der Waals surface area contributed by atoms with Gasteiger partial charge in [-0.25, -0.2) is 0 Å². The van der Waals surface area contributed by atoms with Crippen molar-refractivity contribution in [3.8, 4) is 6.07 Å². The van der Waals surface area contributed by atoms with Gasteiger partial charge in [0.1, 0.15) is 6.07 Å². The van der Waals surface area contributed by atoms with Crippen LogP contribution < -0.4 is 5.32 Å². The maximum absolute atomic E-state index is 9.32. The average molecular weight is 244 g/mol. The molecule has 1 heterocycles. The predicted octanol–water partition coefficient (Wildman–Crippen LogP) is 0.267. The van der Waals surface area contributed by atoms with E-state index in [0.717, 1.165) is 5.39 Å². The van der Waals surface area contributed by atoms with Crippen LogP contribution in [-0.2, 0) is 0 Å². The van der Waals surface area contributed by atoms with E-state index in [9.17, 15) is 5.11 Å². The summed E-state index contributed by atoms with van der Waals surface area (Å²) in [5, 5.41) is 38.5. The van der Waals surface area contributed by atoms with Gasteiger partial charge in [0.05, 0.1) is 23.9 Å². The summed E-state index contributed by atoms with van der Waals surface area (Å²) in [6.45, 7) is -0.202. The number of nitriles is 1. The van der Waals surface area contributed by atoms with Gasteiger partial charge in [0, 0.05) is 11.9 Å². The molecule has 92 valence electrons. The lowest BCUT2D eigenvalue weighted by Gasteiger charge is -2.12. The Hall–Kier alpha value is -2.23. The highest BCUT2D eigenvalue weighted by atomic mass is 16.3. The predicted molar refractivity (Wildman–Crippen MR) is 65.8 cm³/mol. The molecule has 0 aliphatic heterocycles. The minimum absolute atomic E-state index is 0.140. The molecule has 6 nitrogen and oxygen atoms in total. The van der Waals surface area contributed by atoms with E-state index >= 15 is 0 Å². The number of fused-ring (bicyclic) bond motifs is 1. The van der Waals surface area contributed by atoms with Crippen molar-refractivity contribution in [1.29, 1.82) is 5.26 Å². The Morgan fingerprint density at radius 1 is 1.33 bits per heavy atom. The number of hydrogen-bond donors (Lipinski definition) is 3. The SMILES string of the molecule is N#Cc1nnc2ccccc2c1NCC(O)CO. The van der Waals surface area contributed by atoms with E-state index < -0.39 is 6.10 Å². The molecule has 0 spiro atoms. The molecule has 0 fully saturated rings. The fourth-order valence-electron chi connectivity index (χ4n) is 1.60. The summed E-state index contributed by atoms with van der Waals surface area (Å²) < 4.78 is 0. The number of hydrogen-bond acceptors (Lipinski definition) is 6. The second-order valence-corrected chi connectivity index (χ2v) is 3.77. The normalized spacial score (nSPS) is 12.1. The van der Waals surface area contributed by atoms with Crippen LogP contribution in [0.4, 0.5) is 5.69 Å². The Balaban J connectivity index is 2.42. The topological polar surface area (TPSA) is 102 Å². The van der Waals surface area contributed by atoms with E-state index in [2.05, 4.69) is 15.5 Å². The first-order valence-corrected chi connectivity index (χ1v) is 5.44. The third-order valence-corrected chi connectivity index (χ3v) is 2.50. The zero-order chi connectivity index (χ0) is 13.0. The maximum atomic E-state index is 9.32. The van der Waals surface area contributed by atoms with Crippen molar-refractivity contribution < 1.29 is 10.2 Å². The van der Waals surface area contributed by atoms with Gasteiger partial charge in [-0.15, -0.1) is 10.2 Å². The first-order chi connectivity index (χ1) is 8.76. The molecule has 0 aliphatic rings. The summed E-state index contributed by atoms with van der Waals surface area (Å²) in [5.41, 5.74) is 1.35. The smallest absolute Gasteiger partial charge is 0.186 e. The van der Waals surface area contributed by atoms with E-state index in [-0.39, 0.29) is 18.8 Å². The molecule has 2 aromatic rings. The number of aliphatic hydroxyl groups is 2. The molecule has 1 unspecified atom stereocenters. The van der Waals surface area contributed by atoms with Gasteiger partial charge in [-0.1, -0.05) is 18.2 Å². The lowest BCUT2D eigenvalue weighted by molar-refractivity contribution is 0.105. The van der Waals surface area contributed by atoms with Crippen LogP contribution >= 0.6 is 0 Å². The molecule has 6 heteroatoms. The van der Waals surface area contributed by atoms with E-state index in [4.69, 9.17) is 10.4 Å². The van der Waals surface area contributed by atoms with Gasteiger partial charge in [0.2, 0.25) is 0 Å². The minimum atomic E-state index is -0.886. The van der Waals surface area contributed by atoms with Crippen LogP contribution in [0.3, 0.4) is 0 Å². The Morgan fingerprint density at radius 3 is 2.83 bits per heavy atom. The van der Waals surface area contributed by atoms with Crippen LogP contribution in [-0.4, -0.2) is 39.7 Å². The van der Waals surface area contributed by atoms with Gasteiger partial charge in [0.25, 0.3) is 0 Å². The summed E-state index contributed by atoms with van der Waals surface area (Å²) in [7, 11) is 0. The molecule has 0 aliphatic carbocycles. The third kappa shape index (κ3) is 2.37. The van der Waals surface area contributed by atoms with Gasteiger partial charge in [0.15, 0.2) is 5.69 Å². The molecule has 0 bridgehead atoms. The first kappa shape index (κ1) is 12.2. The number of benzene rings is 1. The number of nitrogens with one attached hydrogen (secondary N) is 1. The molecule has 0 saturated heterocycles. The zero-order valence-corrected chi connectivity index (χ0v) is 9.54. The summed E-state index contributed by atoms with van der Waals surface area (Å²) in [5.74, 6) is 0. The summed E-state index contributed by atoms with van der Waals surface area (Å²) >= 11 is 0. The summed E-state index contributed by atoms with van der Waals surface area (Å²) in [4.78, 5) is 0. The average Bonchev–Trinajstić information content (AvgIpc) is 2.44. The summed E-state index contributed by atoms with van der Waals surface area (Å²) in [6.07, 6.45) is -0.886.